The van der Waals surface area contributed by atoms with E-state index in [-0.39, 0.29) is 5.75 Å². The Morgan fingerprint density at radius 2 is 2.35 bits per heavy atom. The zero-order valence-electron chi connectivity index (χ0n) is 9.00. The Morgan fingerprint density at radius 1 is 1.65 bits per heavy atom. The molecule has 1 aromatic carbocycles. The monoisotopic (exact) mass is 427 g/mol. The molecule has 0 bridgehead atoms. The summed E-state index contributed by atoms with van der Waals surface area (Å²) in [6.45, 7) is 2.71. The predicted octanol–water partition coefficient (Wildman–Crippen LogP) is 2.58. The second kappa shape index (κ2) is 7.12. The van der Waals surface area contributed by atoms with E-state index in [1.807, 2.05) is 13.0 Å². The van der Waals surface area contributed by atoms with Crippen LogP contribution in [0.4, 0.5) is 0 Å². The number of hydrogen-bond donors (Lipinski definition) is 3. The summed E-state index contributed by atoms with van der Waals surface area (Å²) in [4.78, 5) is 0. The summed E-state index contributed by atoms with van der Waals surface area (Å²) in [6, 6.07) is 3.60. The lowest BCUT2D eigenvalue weighted by molar-refractivity contribution is 0.468. The van der Waals surface area contributed by atoms with Crippen molar-refractivity contribution in [3.8, 4) is 5.75 Å². The van der Waals surface area contributed by atoms with Gasteiger partial charge in [-0.25, -0.2) is 0 Å². The third-order valence-corrected chi connectivity index (χ3v) is 3.42. The van der Waals surface area contributed by atoms with Crippen LogP contribution in [0, 0.1) is 3.57 Å². The van der Waals surface area contributed by atoms with Crippen molar-refractivity contribution in [3.63, 3.8) is 0 Å². The molecular formula is C10H11BrIN3OS. The van der Waals surface area contributed by atoms with Gasteiger partial charge in [0, 0.05) is 6.54 Å². The minimum atomic E-state index is 0.235. The first kappa shape index (κ1) is 14.7. The molecule has 3 N–H and O–H groups in total. The van der Waals surface area contributed by atoms with Crippen LogP contribution < -0.4 is 10.7 Å². The van der Waals surface area contributed by atoms with Crippen LogP contribution in [0.25, 0.3) is 0 Å². The third-order valence-electron chi connectivity index (χ3n) is 1.76. The van der Waals surface area contributed by atoms with E-state index in [4.69, 9.17) is 12.2 Å². The highest BCUT2D eigenvalue weighted by Gasteiger charge is 2.04. The molecule has 4 nitrogen and oxygen atoms in total. The molecule has 0 unspecified atom stereocenters. The zero-order valence-corrected chi connectivity index (χ0v) is 13.6. The Kier molecular flexibility index (Phi) is 6.14. The first-order chi connectivity index (χ1) is 8.04. The van der Waals surface area contributed by atoms with Gasteiger partial charge in [0.25, 0.3) is 0 Å². The molecule has 0 atom stereocenters. The number of halogens is 2. The van der Waals surface area contributed by atoms with Crippen LogP contribution in [0.15, 0.2) is 21.7 Å². The number of benzene rings is 1. The van der Waals surface area contributed by atoms with Gasteiger partial charge in [-0.05, 0) is 75.4 Å². The van der Waals surface area contributed by atoms with Crippen LogP contribution in [0.2, 0.25) is 0 Å². The zero-order chi connectivity index (χ0) is 12.8. The summed E-state index contributed by atoms with van der Waals surface area (Å²) in [5, 5.41) is 17.0. The summed E-state index contributed by atoms with van der Waals surface area (Å²) in [6.07, 6.45) is 1.63. The second-order valence-electron chi connectivity index (χ2n) is 3.06. The lowest BCUT2D eigenvalue weighted by Gasteiger charge is -2.04. The number of phenolic OH excluding ortho intramolecular Hbond substituents is 1. The summed E-state index contributed by atoms with van der Waals surface area (Å²) < 4.78 is 1.40. The molecule has 0 amide bonds. The Balaban J connectivity index is 2.69. The standard InChI is InChI=1S/C10H11BrIN3OS/c1-2-13-10(17)15-14-5-6-3-7(11)9(16)8(12)4-6/h3-5,16H,2H2,1H3,(H2,13,15,17). The second-order valence-corrected chi connectivity index (χ2v) is 5.49. The molecule has 0 saturated heterocycles. The SMILES string of the molecule is CCNC(=S)NN=Cc1cc(Br)c(O)c(I)c1. The Labute approximate surface area is 127 Å². The molecule has 1 rings (SSSR count). The van der Waals surface area contributed by atoms with Gasteiger partial charge in [0.15, 0.2) is 5.11 Å². The van der Waals surface area contributed by atoms with Crippen molar-refractivity contribution in [1.82, 2.24) is 10.7 Å². The van der Waals surface area contributed by atoms with Crippen LogP contribution in [-0.4, -0.2) is 23.0 Å². The molecule has 0 aliphatic carbocycles. The maximum Gasteiger partial charge on any atom is 0.186 e. The van der Waals surface area contributed by atoms with Crippen molar-refractivity contribution in [1.29, 1.82) is 0 Å². The fourth-order valence-corrected chi connectivity index (χ4v) is 2.72. The Bertz CT molecular complexity index is 430. The molecule has 0 aliphatic heterocycles. The molecule has 7 heteroatoms. The van der Waals surface area contributed by atoms with E-state index < -0.39 is 0 Å². The molecule has 0 saturated carbocycles. The largest absolute Gasteiger partial charge is 0.506 e. The molecule has 1 aromatic rings. The number of hydrogen-bond acceptors (Lipinski definition) is 3. The third kappa shape index (κ3) is 4.76. The first-order valence-corrected chi connectivity index (χ1v) is 7.07. The van der Waals surface area contributed by atoms with Crippen molar-refractivity contribution in [2.75, 3.05) is 6.54 Å². The lowest BCUT2D eigenvalue weighted by Crippen LogP contribution is -2.31. The maximum absolute atomic E-state index is 9.57. The van der Waals surface area contributed by atoms with Crippen molar-refractivity contribution < 1.29 is 5.11 Å². The summed E-state index contributed by atoms with van der Waals surface area (Å²) in [5.74, 6) is 0.235. The van der Waals surface area contributed by atoms with Crippen molar-refractivity contribution >= 4 is 62.1 Å². The average molecular weight is 428 g/mol. The fourth-order valence-electron chi connectivity index (χ4n) is 1.03. The van der Waals surface area contributed by atoms with Crippen LogP contribution in [-0.2, 0) is 0 Å². The van der Waals surface area contributed by atoms with Gasteiger partial charge in [0.2, 0.25) is 0 Å². The number of nitrogens with one attached hydrogen (secondary N) is 2. The summed E-state index contributed by atoms with van der Waals surface area (Å²) in [5.41, 5.74) is 3.56. The fraction of sp³-hybridized carbons (Fsp3) is 0.200. The number of aromatic hydroxyl groups is 1. The van der Waals surface area contributed by atoms with Gasteiger partial charge in [-0.3, -0.25) is 5.43 Å². The van der Waals surface area contributed by atoms with E-state index in [9.17, 15) is 5.11 Å². The molecule has 0 aromatic heterocycles. The maximum atomic E-state index is 9.57. The minimum absolute atomic E-state index is 0.235. The van der Waals surface area contributed by atoms with Gasteiger partial charge in [-0.2, -0.15) is 5.10 Å². The van der Waals surface area contributed by atoms with Gasteiger partial charge < -0.3 is 10.4 Å². The van der Waals surface area contributed by atoms with E-state index in [1.54, 1.807) is 12.3 Å². The van der Waals surface area contributed by atoms with Crippen LogP contribution in [0.3, 0.4) is 0 Å². The molecule has 0 aliphatic rings. The van der Waals surface area contributed by atoms with Gasteiger partial charge in [-0.15, -0.1) is 0 Å². The normalized spacial score (nSPS) is 10.5. The number of rotatable bonds is 3. The smallest absolute Gasteiger partial charge is 0.186 e. The molecule has 17 heavy (non-hydrogen) atoms. The highest BCUT2D eigenvalue weighted by atomic mass is 127. The minimum Gasteiger partial charge on any atom is -0.506 e. The van der Waals surface area contributed by atoms with E-state index in [2.05, 4.69) is 54.4 Å². The quantitative estimate of drug-likeness (QED) is 0.300. The molecule has 0 fully saturated rings. The van der Waals surface area contributed by atoms with Gasteiger partial charge >= 0.3 is 0 Å². The van der Waals surface area contributed by atoms with Gasteiger partial charge in [-0.1, -0.05) is 0 Å². The first-order valence-electron chi connectivity index (χ1n) is 4.79. The van der Waals surface area contributed by atoms with Crippen LogP contribution in [0.5, 0.6) is 5.75 Å². The molecule has 0 radical (unpaired) electrons. The summed E-state index contributed by atoms with van der Waals surface area (Å²) in [7, 11) is 0. The molecule has 92 valence electrons. The topological polar surface area (TPSA) is 56.7 Å². The number of nitrogens with zero attached hydrogens (tertiary/aromatic N) is 1. The van der Waals surface area contributed by atoms with Gasteiger partial charge in [0.1, 0.15) is 5.75 Å². The van der Waals surface area contributed by atoms with E-state index in [0.717, 1.165) is 15.7 Å². The number of hydrazone groups is 1. The van der Waals surface area contributed by atoms with E-state index in [1.165, 1.54) is 0 Å². The van der Waals surface area contributed by atoms with Crippen molar-refractivity contribution in [2.24, 2.45) is 5.10 Å². The van der Waals surface area contributed by atoms with Crippen LogP contribution in [0.1, 0.15) is 12.5 Å². The Morgan fingerprint density at radius 3 is 2.94 bits per heavy atom. The highest BCUT2D eigenvalue weighted by molar-refractivity contribution is 14.1. The number of phenols is 1. The predicted molar refractivity (Wildman–Crippen MR) is 85.5 cm³/mol. The highest BCUT2D eigenvalue weighted by Crippen LogP contribution is 2.29. The summed E-state index contributed by atoms with van der Waals surface area (Å²) >= 11 is 10.3. The van der Waals surface area contributed by atoms with Gasteiger partial charge in [0.05, 0.1) is 14.3 Å². The Hall–Kier alpha value is -0.410. The van der Waals surface area contributed by atoms with Crippen molar-refractivity contribution in [2.45, 2.75) is 6.92 Å². The lowest BCUT2D eigenvalue weighted by atomic mass is 10.2. The molecular weight excluding hydrogens is 417 g/mol. The number of thiocarbonyl (C=S) groups is 1. The average Bonchev–Trinajstić information content (AvgIpc) is 2.26. The van der Waals surface area contributed by atoms with Crippen LogP contribution >= 0.6 is 50.7 Å². The van der Waals surface area contributed by atoms with E-state index >= 15 is 0 Å². The van der Waals surface area contributed by atoms with E-state index in [0.29, 0.717) is 9.59 Å². The molecule has 0 spiro atoms. The van der Waals surface area contributed by atoms with Crippen molar-refractivity contribution in [3.05, 3.63) is 25.7 Å². The molecule has 0 heterocycles.